The van der Waals surface area contributed by atoms with E-state index in [0.29, 0.717) is 22.6 Å². The monoisotopic (exact) mass is 577 g/mol. The van der Waals surface area contributed by atoms with Crippen molar-refractivity contribution in [2.45, 2.75) is 63.1 Å². The molecular formula is C30H30F3N7O2. The van der Waals surface area contributed by atoms with Crippen LogP contribution >= 0.6 is 0 Å². The highest BCUT2D eigenvalue weighted by Crippen LogP contribution is 2.37. The highest BCUT2D eigenvalue weighted by Gasteiger charge is 2.33. The van der Waals surface area contributed by atoms with Crippen molar-refractivity contribution in [2.75, 3.05) is 11.1 Å². The Kier molecular flexibility index (Phi) is 7.29. The lowest BCUT2D eigenvalue weighted by atomic mass is 9.82. The van der Waals surface area contributed by atoms with E-state index < -0.39 is 17.6 Å². The number of anilines is 2. The Bertz CT molecular complexity index is 1630. The summed E-state index contributed by atoms with van der Waals surface area (Å²) in [5.41, 5.74) is 7.62. The molecule has 2 fully saturated rings. The van der Waals surface area contributed by atoms with Crippen LogP contribution in [0.3, 0.4) is 0 Å². The summed E-state index contributed by atoms with van der Waals surface area (Å²) < 4.78 is 41.0. The summed E-state index contributed by atoms with van der Waals surface area (Å²) in [4.78, 5) is 38.4. The van der Waals surface area contributed by atoms with Crippen molar-refractivity contribution in [1.82, 2.24) is 24.7 Å². The Balaban J connectivity index is 1.23. The third kappa shape index (κ3) is 5.53. The molecule has 4 N–H and O–H groups in total. The average Bonchev–Trinajstić information content (AvgIpc) is 3.33. The number of nitrogens with one attached hydrogen (secondary N) is 2. The standard InChI is InChI=1S/C30H30F3N7O2/c31-30(32,33)21-11-12-35-23(16-21)38-29(42)19-9-7-17(8-10-19)24-25-26(34)36-13-14-40(25)27(39-24)20-5-2-6-22(15-20)37-28(41)18-3-1-4-18/h7-14,16,18,20,22H,1-6,15H2,(H2,34,36)(H,37,41)(H,35,38,42)/t20-,22-/m0/s1. The summed E-state index contributed by atoms with van der Waals surface area (Å²) in [6.07, 6.45) is 6.57. The van der Waals surface area contributed by atoms with Crippen molar-refractivity contribution >= 4 is 29.0 Å². The normalized spacial score (nSPS) is 19.3. The summed E-state index contributed by atoms with van der Waals surface area (Å²) >= 11 is 0. The van der Waals surface area contributed by atoms with E-state index in [-0.39, 0.29) is 35.2 Å². The number of fused-ring (bicyclic) bond motifs is 1. The summed E-state index contributed by atoms with van der Waals surface area (Å²) in [5, 5.41) is 5.67. The van der Waals surface area contributed by atoms with E-state index in [1.165, 1.54) is 0 Å². The lowest BCUT2D eigenvalue weighted by Gasteiger charge is -2.32. The maximum atomic E-state index is 13.0. The number of benzene rings is 1. The summed E-state index contributed by atoms with van der Waals surface area (Å²) in [6, 6.07) is 8.30. The summed E-state index contributed by atoms with van der Waals surface area (Å²) in [7, 11) is 0. The molecule has 0 bridgehead atoms. The van der Waals surface area contributed by atoms with E-state index in [9.17, 15) is 22.8 Å². The van der Waals surface area contributed by atoms with E-state index in [1.807, 2.05) is 10.6 Å². The number of carbonyl (C=O) groups excluding carboxylic acids is 2. The predicted octanol–water partition coefficient (Wildman–Crippen LogP) is 5.59. The first-order chi connectivity index (χ1) is 20.2. The molecule has 0 aliphatic heterocycles. The number of carbonyl (C=O) groups is 2. The zero-order valence-corrected chi connectivity index (χ0v) is 22.7. The number of alkyl halides is 3. The lowest BCUT2D eigenvalue weighted by Crippen LogP contribution is -2.43. The number of halogens is 3. The molecular weight excluding hydrogens is 547 g/mol. The van der Waals surface area contributed by atoms with Gasteiger partial charge in [-0.25, -0.2) is 15.0 Å². The number of rotatable bonds is 6. The first-order valence-corrected chi connectivity index (χ1v) is 14.0. The van der Waals surface area contributed by atoms with Crippen molar-refractivity contribution in [1.29, 1.82) is 0 Å². The number of hydrogen-bond donors (Lipinski definition) is 3. The van der Waals surface area contributed by atoms with E-state index in [0.717, 1.165) is 69.1 Å². The fourth-order valence-electron chi connectivity index (χ4n) is 5.76. The minimum absolute atomic E-state index is 0.0935. The van der Waals surface area contributed by atoms with Crippen LogP contribution in [-0.4, -0.2) is 37.2 Å². The molecule has 2 saturated carbocycles. The average molecular weight is 578 g/mol. The van der Waals surface area contributed by atoms with Crippen LogP contribution in [0, 0.1) is 5.92 Å². The van der Waals surface area contributed by atoms with Crippen LogP contribution in [0.4, 0.5) is 24.8 Å². The molecule has 218 valence electrons. The van der Waals surface area contributed by atoms with Gasteiger partial charge in [0.05, 0.1) is 5.56 Å². The fourth-order valence-corrected chi connectivity index (χ4v) is 5.76. The fraction of sp³-hybridized carbons (Fsp3) is 0.367. The molecule has 6 rings (SSSR count). The van der Waals surface area contributed by atoms with E-state index in [2.05, 4.69) is 20.6 Å². The molecule has 12 heteroatoms. The van der Waals surface area contributed by atoms with Gasteiger partial charge < -0.3 is 16.4 Å². The first kappa shape index (κ1) is 27.7. The van der Waals surface area contributed by atoms with Crippen LogP contribution in [0.15, 0.2) is 55.0 Å². The van der Waals surface area contributed by atoms with Gasteiger partial charge in [0.15, 0.2) is 0 Å². The van der Waals surface area contributed by atoms with Crippen LogP contribution in [0.5, 0.6) is 0 Å². The second kappa shape index (κ2) is 11.1. The SMILES string of the molecule is Nc1nccn2c([C@H]3CCC[C@H](NC(=O)C4CCC4)C3)nc(-c3ccc(C(=O)Nc4cc(C(F)(F)F)ccn4)cc3)c12. The molecule has 2 amide bonds. The van der Waals surface area contributed by atoms with E-state index in [1.54, 1.807) is 30.5 Å². The Morgan fingerprint density at radius 1 is 0.976 bits per heavy atom. The molecule has 0 saturated heterocycles. The molecule has 42 heavy (non-hydrogen) atoms. The van der Waals surface area contributed by atoms with Gasteiger partial charge in [0.25, 0.3) is 5.91 Å². The minimum atomic E-state index is -4.55. The quantitative estimate of drug-likeness (QED) is 0.274. The second-order valence-corrected chi connectivity index (χ2v) is 11.0. The highest BCUT2D eigenvalue weighted by molar-refractivity contribution is 6.04. The molecule has 0 radical (unpaired) electrons. The number of amides is 2. The van der Waals surface area contributed by atoms with E-state index >= 15 is 0 Å². The molecule has 4 aromatic rings. The smallest absolute Gasteiger partial charge is 0.382 e. The van der Waals surface area contributed by atoms with Gasteiger partial charge in [-0.05, 0) is 56.4 Å². The number of imidazole rings is 1. The Labute approximate surface area is 239 Å². The van der Waals surface area contributed by atoms with E-state index in [4.69, 9.17) is 10.7 Å². The number of nitrogens with zero attached hydrogens (tertiary/aromatic N) is 4. The Morgan fingerprint density at radius 2 is 1.74 bits per heavy atom. The number of nitrogens with two attached hydrogens (primary N) is 1. The van der Waals surface area contributed by atoms with Gasteiger partial charge in [-0.2, -0.15) is 13.2 Å². The zero-order chi connectivity index (χ0) is 29.4. The number of nitrogen functional groups attached to an aromatic ring is 1. The van der Waals surface area contributed by atoms with Crippen molar-refractivity contribution < 1.29 is 22.8 Å². The largest absolute Gasteiger partial charge is 0.416 e. The highest BCUT2D eigenvalue weighted by atomic mass is 19.4. The van der Waals surface area contributed by atoms with Gasteiger partial charge in [0.2, 0.25) is 5.91 Å². The summed E-state index contributed by atoms with van der Waals surface area (Å²) in [6.45, 7) is 0. The van der Waals surface area contributed by atoms with Gasteiger partial charge in [0, 0.05) is 47.6 Å². The third-order valence-corrected chi connectivity index (χ3v) is 8.22. The van der Waals surface area contributed by atoms with Crippen molar-refractivity contribution in [2.24, 2.45) is 5.92 Å². The van der Waals surface area contributed by atoms with Crippen LogP contribution in [0.2, 0.25) is 0 Å². The number of hydrogen-bond acceptors (Lipinski definition) is 6. The number of pyridine rings is 1. The Hall–Kier alpha value is -4.48. The molecule has 2 aliphatic rings. The molecule has 0 unspecified atom stereocenters. The lowest BCUT2D eigenvalue weighted by molar-refractivity contribution is -0.137. The van der Waals surface area contributed by atoms with Gasteiger partial charge in [-0.15, -0.1) is 0 Å². The van der Waals surface area contributed by atoms with Crippen molar-refractivity contribution in [3.63, 3.8) is 0 Å². The topological polar surface area (TPSA) is 127 Å². The van der Waals surface area contributed by atoms with Gasteiger partial charge in [0.1, 0.15) is 28.7 Å². The second-order valence-electron chi connectivity index (χ2n) is 11.0. The first-order valence-electron chi connectivity index (χ1n) is 14.0. The van der Waals surface area contributed by atoms with Gasteiger partial charge >= 0.3 is 6.18 Å². The van der Waals surface area contributed by atoms with Crippen molar-refractivity contribution in [3.05, 3.63) is 71.9 Å². The molecule has 1 aromatic carbocycles. The number of aromatic nitrogens is 4. The third-order valence-electron chi connectivity index (χ3n) is 8.22. The molecule has 3 aromatic heterocycles. The van der Waals surface area contributed by atoms with Crippen LogP contribution < -0.4 is 16.4 Å². The minimum Gasteiger partial charge on any atom is -0.382 e. The molecule has 3 heterocycles. The Morgan fingerprint density at radius 3 is 2.45 bits per heavy atom. The van der Waals surface area contributed by atoms with Crippen LogP contribution in [-0.2, 0) is 11.0 Å². The van der Waals surface area contributed by atoms with Crippen LogP contribution in [0.1, 0.15) is 72.6 Å². The maximum absolute atomic E-state index is 13.0. The van der Waals surface area contributed by atoms with Crippen LogP contribution in [0.25, 0.3) is 16.8 Å². The summed E-state index contributed by atoms with van der Waals surface area (Å²) in [5.74, 6) is 0.768. The van der Waals surface area contributed by atoms with Gasteiger partial charge in [-0.3, -0.25) is 14.0 Å². The molecule has 9 nitrogen and oxygen atoms in total. The molecule has 2 atom stereocenters. The predicted molar refractivity (Wildman–Crippen MR) is 151 cm³/mol. The zero-order valence-electron chi connectivity index (χ0n) is 22.7. The van der Waals surface area contributed by atoms with Gasteiger partial charge in [-0.1, -0.05) is 25.0 Å². The molecule has 0 spiro atoms. The molecule has 2 aliphatic carbocycles. The van der Waals surface area contributed by atoms with Crippen molar-refractivity contribution in [3.8, 4) is 11.3 Å². The maximum Gasteiger partial charge on any atom is 0.416 e.